The molecule has 0 amide bonds. The molecule has 1 aromatic rings. The van der Waals surface area contributed by atoms with Crippen molar-refractivity contribution in [3.63, 3.8) is 0 Å². The van der Waals surface area contributed by atoms with Crippen LogP contribution in [-0.4, -0.2) is 13.6 Å². The summed E-state index contributed by atoms with van der Waals surface area (Å²) in [5.74, 6) is 1.25. The molecule has 0 saturated heterocycles. The Morgan fingerprint density at radius 2 is 1.79 bits per heavy atom. The van der Waals surface area contributed by atoms with Crippen LogP contribution in [0.2, 0.25) is 0 Å². The van der Waals surface area contributed by atoms with Crippen molar-refractivity contribution in [3.8, 4) is 12.1 Å². The predicted molar refractivity (Wildman–Crippen MR) is 95.6 cm³/mol. The van der Waals surface area contributed by atoms with Gasteiger partial charge in [-0.2, -0.15) is 10.5 Å². The summed E-state index contributed by atoms with van der Waals surface area (Å²) >= 11 is 0. The lowest BCUT2D eigenvalue weighted by Gasteiger charge is -2.16. The van der Waals surface area contributed by atoms with Gasteiger partial charge in [0.1, 0.15) is 29.2 Å². The largest absolute Gasteiger partial charge is 0.462 e. The summed E-state index contributed by atoms with van der Waals surface area (Å²) < 4.78 is 5.63. The first-order valence-electron chi connectivity index (χ1n) is 7.69. The highest BCUT2D eigenvalue weighted by Crippen LogP contribution is 2.23. The van der Waals surface area contributed by atoms with Gasteiger partial charge in [0.05, 0.1) is 0 Å². The number of benzene rings is 1. The fraction of sp³-hybridized carbons (Fsp3) is 0.200. The van der Waals surface area contributed by atoms with Crippen molar-refractivity contribution >= 4 is 11.8 Å². The number of hydrogen-bond acceptors (Lipinski definition) is 4. The molecule has 0 aromatic heterocycles. The Morgan fingerprint density at radius 1 is 1.12 bits per heavy atom. The van der Waals surface area contributed by atoms with E-state index in [1.807, 2.05) is 36.4 Å². The molecule has 0 bridgehead atoms. The molecule has 1 heterocycles. The van der Waals surface area contributed by atoms with Gasteiger partial charge in [-0.1, -0.05) is 18.2 Å². The van der Waals surface area contributed by atoms with Crippen molar-refractivity contribution in [2.75, 3.05) is 18.5 Å². The van der Waals surface area contributed by atoms with Crippen LogP contribution in [0, 0.1) is 22.7 Å². The fourth-order valence-electron chi connectivity index (χ4n) is 2.24. The molecule has 0 spiro atoms. The van der Waals surface area contributed by atoms with Gasteiger partial charge < -0.3 is 9.64 Å². The van der Waals surface area contributed by atoms with Gasteiger partial charge in [0.15, 0.2) is 0 Å². The smallest absolute Gasteiger partial charge is 0.137 e. The third-order valence-electron chi connectivity index (χ3n) is 3.70. The first-order chi connectivity index (χ1) is 11.6. The van der Waals surface area contributed by atoms with E-state index >= 15 is 0 Å². The monoisotopic (exact) mass is 317 g/mol. The minimum absolute atomic E-state index is 0.0792. The quantitative estimate of drug-likeness (QED) is 0.776. The first kappa shape index (κ1) is 17.1. The Bertz CT molecular complexity index is 796. The second kappa shape index (κ2) is 7.85. The summed E-state index contributed by atoms with van der Waals surface area (Å²) in [6.07, 6.45) is 7.16. The van der Waals surface area contributed by atoms with E-state index in [1.165, 1.54) is 5.69 Å². The van der Waals surface area contributed by atoms with Gasteiger partial charge in [0, 0.05) is 24.9 Å². The molecular formula is C20H19N3O. The SMILES string of the molecule is CCN(C)c1ccc(/C=C/C2=CC(=C(C#N)C#N)C=C(C)O2)cc1. The Labute approximate surface area is 142 Å². The summed E-state index contributed by atoms with van der Waals surface area (Å²) in [5.41, 5.74) is 2.87. The zero-order valence-electron chi connectivity index (χ0n) is 14.1. The third kappa shape index (κ3) is 4.15. The van der Waals surface area contributed by atoms with Crippen LogP contribution in [0.3, 0.4) is 0 Å². The predicted octanol–water partition coefficient (Wildman–Crippen LogP) is 4.32. The van der Waals surface area contributed by atoms with Crippen LogP contribution in [-0.2, 0) is 4.74 Å². The van der Waals surface area contributed by atoms with Crippen molar-refractivity contribution in [2.24, 2.45) is 0 Å². The maximum absolute atomic E-state index is 9.00. The van der Waals surface area contributed by atoms with Crippen molar-refractivity contribution in [2.45, 2.75) is 13.8 Å². The second-order valence-electron chi connectivity index (χ2n) is 5.40. The second-order valence-corrected chi connectivity index (χ2v) is 5.40. The molecule has 24 heavy (non-hydrogen) atoms. The van der Waals surface area contributed by atoms with Crippen molar-refractivity contribution in [1.29, 1.82) is 10.5 Å². The number of rotatable bonds is 4. The number of ether oxygens (including phenoxy) is 1. The van der Waals surface area contributed by atoms with Gasteiger partial charge in [-0.25, -0.2) is 0 Å². The minimum Gasteiger partial charge on any atom is -0.462 e. The Morgan fingerprint density at radius 3 is 2.38 bits per heavy atom. The van der Waals surface area contributed by atoms with Crippen molar-refractivity contribution in [1.82, 2.24) is 0 Å². The molecule has 1 aliphatic heterocycles. The third-order valence-corrected chi connectivity index (χ3v) is 3.70. The van der Waals surface area contributed by atoms with Crippen LogP contribution in [0.5, 0.6) is 0 Å². The summed E-state index contributed by atoms with van der Waals surface area (Å²) in [7, 11) is 2.05. The Kier molecular flexibility index (Phi) is 5.60. The normalized spacial score (nSPS) is 13.5. The number of nitrogens with zero attached hydrogens (tertiary/aromatic N) is 3. The number of hydrogen-bond donors (Lipinski definition) is 0. The molecule has 0 aliphatic carbocycles. The summed E-state index contributed by atoms with van der Waals surface area (Å²) in [5, 5.41) is 18.0. The highest BCUT2D eigenvalue weighted by atomic mass is 16.5. The van der Waals surface area contributed by atoms with E-state index in [0.717, 1.165) is 12.1 Å². The number of nitriles is 2. The lowest BCUT2D eigenvalue weighted by Crippen LogP contribution is -2.15. The summed E-state index contributed by atoms with van der Waals surface area (Å²) in [6.45, 7) is 4.86. The minimum atomic E-state index is 0.0792. The van der Waals surface area contributed by atoms with Gasteiger partial charge in [0.2, 0.25) is 0 Å². The van der Waals surface area contributed by atoms with Crippen molar-refractivity contribution < 1.29 is 4.74 Å². The van der Waals surface area contributed by atoms with Gasteiger partial charge in [-0.15, -0.1) is 0 Å². The molecule has 2 rings (SSSR count). The van der Waals surface area contributed by atoms with Gasteiger partial charge in [0.25, 0.3) is 0 Å². The zero-order valence-corrected chi connectivity index (χ0v) is 14.1. The molecule has 1 aromatic carbocycles. The fourth-order valence-corrected chi connectivity index (χ4v) is 2.24. The molecule has 0 N–H and O–H groups in total. The average molecular weight is 317 g/mol. The first-order valence-corrected chi connectivity index (χ1v) is 7.69. The Balaban J connectivity index is 2.21. The van der Waals surface area contributed by atoms with E-state index in [2.05, 4.69) is 31.0 Å². The van der Waals surface area contributed by atoms with E-state index in [-0.39, 0.29) is 5.57 Å². The Hall–Kier alpha value is -3.24. The molecule has 4 heteroatoms. The number of allylic oxidation sites excluding steroid dienone is 6. The van der Waals surface area contributed by atoms with E-state index in [9.17, 15) is 0 Å². The zero-order chi connectivity index (χ0) is 17.5. The lowest BCUT2D eigenvalue weighted by atomic mass is 10.1. The van der Waals surface area contributed by atoms with Crippen LogP contribution < -0.4 is 4.90 Å². The highest BCUT2D eigenvalue weighted by Gasteiger charge is 2.10. The van der Waals surface area contributed by atoms with Crippen LogP contribution >= 0.6 is 0 Å². The van der Waals surface area contributed by atoms with Gasteiger partial charge in [-0.05, 0) is 49.8 Å². The molecule has 0 saturated carbocycles. The van der Waals surface area contributed by atoms with E-state index in [4.69, 9.17) is 15.3 Å². The van der Waals surface area contributed by atoms with Crippen molar-refractivity contribution in [3.05, 3.63) is 70.7 Å². The molecule has 4 nitrogen and oxygen atoms in total. The topological polar surface area (TPSA) is 60.0 Å². The highest BCUT2D eigenvalue weighted by molar-refractivity contribution is 5.59. The maximum Gasteiger partial charge on any atom is 0.137 e. The summed E-state index contributed by atoms with van der Waals surface area (Å²) in [4.78, 5) is 2.16. The van der Waals surface area contributed by atoms with E-state index in [1.54, 1.807) is 19.1 Å². The average Bonchev–Trinajstić information content (AvgIpc) is 2.60. The number of anilines is 1. The molecular weight excluding hydrogens is 298 g/mol. The molecule has 0 unspecified atom stereocenters. The van der Waals surface area contributed by atoms with Crippen LogP contribution in [0.25, 0.3) is 6.08 Å². The standard InChI is InChI=1S/C20H19N3O/c1-4-23(3)19-8-5-16(6-9-19)7-10-20-12-17(11-15(2)24-20)18(13-21)14-22/h5-12H,4H2,1-3H3/b10-7+. The van der Waals surface area contributed by atoms with Crippen LogP contribution in [0.15, 0.2) is 65.2 Å². The molecule has 0 atom stereocenters. The van der Waals surface area contributed by atoms with Crippen LogP contribution in [0.4, 0.5) is 5.69 Å². The maximum atomic E-state index is 9.00. The van der Waals surface area contributed by atoms with Gasteiger partial charge in [-0.3, -0.25) is 0 Å². The molecule has 0 fully saturated rings. The molecule has 0 radical (unpaired) electrons. The van der Waals surface area contributed by atoms with E-state index < -0.39 is 0 Å². The lowest BCUT2D eigenvalue weighted by molar-refractivity contribution is 0.318. The van der Waals surface area contributed by atoms with Crippen LogP contribution in [0.1, 0.15) is 19.4 Å². The summed E-state index contributed by atoms with van der Waals surface area (Å²) in [6, 6.07) is 12.0. The molecule has 120 valence electrons. The van der Waals surface area contributed by atoms with Gasteiger partial charge >= 0.3 is 0 Å². The van der Waals surface area contributed by atoms with E-state index in [0.29, 0.717) is 17.1 Å². The molecule has 1 aliphatic rings.